The number of benzene rings is 1. The van der Waals surface area contributed by atoms with Crippen molar-refractivity contribution in [3.63, 3.8) is 0 Å². The lowest BCUT2D eigenvalue weighted by atomic mass is 10.1. The quantitative estimate of drug-likeness (QED) is 0.724. The van der Waals surface area contributed by atoms with Gasteiger partial charge < -0.3 is 4.98 Å². The molecule has 1 N–H and O–H groups in total. The third-order valence-corrected chi connectivity index (χ3v) is 2.51. The number of H-pyrrole nitrogens is 1. The van der Waals surface area contributed by atoms with Crippen LogP contribution in [0.25, 0.3) is 22.6 Å². The predicted octanol–water partition coefficient (Wildman–Crippen LogP) is 2.53. The van der Waals surface area contributed by atoms with Crippen molar-refractivity contribution in [3.05, 3.63) is 55.2 Å². The summed E-state index contributed by atoms with van der Waals surface area (Å²) in [6.45, 7) is 0. The highest BCUT2D eigenvalue weighted by Gasteiger charge is 2.04. The largest absolute Gasteiger partial charge is 0.343 e. The van der Waals surface area contributed by atoms with Gasteiger partial charge in [0.2, 0.25) is 0 Å². The maximum Gasteiger partial charge on any atom is 0.116 e. The summed E-state index contributed by atoms with van der Waals surface area (Å²) in [5.74, 6) is 0. The van der Waals surface area contributed by atoms with Gasteiger partial charge in [-0.15, -0.1) is 0 Å². The molecule has 0 aliphatic heterocycles. The Balaban J connectivity index is 2.06. The highest BCUT2D eigenvalue weighted by Crippen LogP contribution is 2.20. The van der Waals surface area contributed by atoms with Gasteiger partial charge in [-0.05, 0) is 6.07 Å². The summed E-state index contributed by atoms with van der Waals surface area (Å²) in [6, 6.07) is 12.0. The van der Waals surface area contributed by atoms with Crippen LogP contribution in [0.5, 0.6) is 0 Å². The van der Waals surface area contributed by atoms with Crippen molar-refractivity contribution in [1.82, 2.24) is 19.9 Å². The summed E-state index contributed by atoms with van der Waals surface area (Å²) < 4.78 is 0. The minimum atomic E-state index is 0.844. The maximum atomic E-state index is 4.27. The predicted molar refractivity (Wildman–Crippen MR) is 65.0 cm³/mol. The van der Waals surface area contributed by atoms with E-state index in [9.17, 15) is 0 Å². The van der Waals surface area contributed by atoms with E-state index in [1.807, 2.05) is 36.4 Å². The summed E-state index contributed by atoms with van der Waals surface area (Å²) >= 11 is 0. The van der Waals surface area contributed by atoms with E-state index in [4.69, 9.17) is 0 Å². The van der Waals surface area contributed by atoms with Crippen molar-refractivity contribution in [2.75, 3.05) is 0 Å². The molecule has 4 nitrogen and oxygen atoms in total. The normalized spacial score (nSPS) is 10.4. The average Bonchev–Trinajstić information content (AvgIpc) is 2.94. The van der Waals surface area contributed by atoms with Crippen molar-refractivity contribution in [2.45, 2.75) is 0 Å². The lowest BCUT2D eigenvalue weighted by Gasteiger charge is -2.01. The molecule has 0 aliphatic carbocycles. The summed E-state index contributed by atoms with van der Waals surface area (Å²) in [5, 5.41) is 0. The smallest absolute Gasteiger partial charge is 0.116 e. The van der Waals surface area contributed by atoms with E-state index in [1.54, 1.807) is 18.9 Å². The molecule has 0 atom stereocenters. The second-order valence-electron chi connectivity index (χ2n) is 3.62. The summed E-state index contributed by atoms with van der Waals surface area (Å²) in [7, 11) is 0. The van der Waals surface area contributed by atoms with Crippen LogP contribution in [-0.2, 0) is 0 Å². The molecule has 0 saturated carbocycles. The first-order valence-electron chi connectivity index (χ1n) is 5.30. The number of nitrogens with zero attached hydrogens (tertiary/aromatic N) is 3. The molecule has 2 aromatic heterocycles. The Kier molecular flexibility index (Phi) is 2.38. The Bertz CT molecular complexity index is 602. The minimum absolute atomic E-state index is 0.844. The van der Waals surface area contributed by atoms with E-state index in [1.165, 1.54) is 0 Å². The van der Waals surface area contributed by atoms with E-state index in [0.717, 1.165) is 22.6 Å². The summed E-state index contributed by atoms with van der Waals surface area (Å²) in [6.07, 6.45) is 4.95. The molecule has 0 aliphatic rings. The Morgan fingerprint density at radius 1 is 0.941 bits per heavy atom. The highest BCUT2D eigenvalue weighted by molar-refractivity contribution is 5.64. The number of hydrogen-bond donors (Lipinski definition) is 1. The molecule has 0 saturated heterocycles. The average molecular weight is 222 g/mol. The first-order chi connectivity index (χ1) is 8.43. The van der Waals surface area contributed by atoms with Gasteiger partial charge in [0.05, 0.1) is 29.6 Å². The SMILES string of the molecule is c1ccc(-c2cc(-c3cnc[nH]3)ncn2)cc1. The van der Waals surface area contributed by atoms with E-state index >= 15 is 0 Å². The van der Waals surface area contributed by atoms with Crippen LogP contribution in [0.15, 0.2) is 55.2 Å². The van der Waals surface area contributed by atoms with Gasteiger partial charge in [-0.3, -0.25) is 0 Å². The van der Waals surface area contributed by atoms with Crippen LogP contribution in [0, 0.1) is 0 Å². The van der Waals surface area contributed by atoms with Crippen LogP contribution >= 0.6 is 0 Å². The Hall–Kier alpha value is -2.49. The first-order valence-corrected chi connectivity index (χ1v) is 5.30. The fraction of sp³-hybridized carbons (Fsp3) is 0. The second-order valence-corrected chi connectivity index (χ2v) is 3.62. The van der Waals surface area contributed by atoms with Crippen LogP contribution in [0.3, 0.4) is 0 Å². The Morgan fingerprint density at radius 3 is 2.53 bits per heavy atom. The standard InChI is InChI=1S/C13H10N4/c1-2-4-10(5-3-1)11-6-12(17-9-16-11)13-7-14-8-15-13/h1-9H,(H,14,15). The van der Waals surface area contributed by atoms with Gasteiger partial charge in [0, 0.05) is 5.56 Å². The summed E-state index contributed by atoms with van der Waals surface area (Å²) in [4.78, 5) is 15.5. The highest BCUT2D eigenvalue weighted by atomic mass is 14.9. The number of rotatable bonds is 2. The number of imidazole rings is 1. The van der Waals surface area contributed by atoms with E-state index < -0.39 is 0 Å². The third kappa shape index (κ3) is 1.92. The Labute approximate surface area is 98.4 Å². The molecule has 0 radical (unpaired) electrons. The third-order valence-electron chi connectivity index (χ3n) is 2.51. The van der Waals surface area contributed by atoms with Crippen molar-refractivity contribution in [1.29, 1.82) is 0 Å². The van der Waals surface area contributed by atoms with Gasteiger partial charge in [-0.25, -0.2) is 15.0 Å². The van der Waals surface area contributed by atoms with Crippen LogP contribution < -0.4 is 0 Å². The first kappa shape index (κ1) is 9.72. The van der Waals surface area contributed by atoms with Crippen LogP contribution in [0.2, 0.25) is 0 Å². The van der Waals surface area contributed by atoms with E-state index in [2.05, 4.69) is 19.9 Å². The zero-order valence-corrected chi connectivity index (χ0v) is 9.04. The fourth-order valence-corrected chi connectivity index (χ4v) is 1.67. The van der Waals surface area contributed by atoms with Gasteiger partial charge in [0.15, 0.2) is 0 Å². The van der Waals surface area contributed by atoms with Gasteiger partial charge in [0.1, 0.15) is 6.33 Å². The number of aromatic amines is 1. The molecule has 2 heterocycles. The zero-order valence-electron chi connectivity index (χ0n) is 9.04. The molecule has 3 rings (SSSR count). The monoisotopic (exact) mass is 222 g/mol. The van der Waals surface area contributed by atoms with Crippen LogP contribution in [-0.4, -0.2) is 19.9 Å². The molecule has 0 bridgehead atoms. The molecule has 1 aromatic carbocycles. The molecular formula is C13H10N4. The number of aromatic nitrogens is 4. The van der Waals surface area contributed by atoms with Gasteiger partial charge in [-0.2, -0.15) is 0 Å². The van der Waals surface area contributed by atoms with Crippen molar-refractivity contribution in [2.24, 2.45) is 0 Å². The van der Waals surface area contributed by atoms with Gasteiger partial charge in [-0.1, -0.05) is 30.3 Å². The lowest BCUT2D eigenvalue weighted by Crippen LogP contribution is -1.89. The van der Waals surface area contributed by atoms with Gasteiger partial charge >= 0.3 is 0 Å². The molecule has 3 aromatic rings. The van der Waals surface area contributed by atoms with Crippen LogP contribution in [0.1, 0.15) is 0 Å². The van der Waals surface area contributed by atoms with Crippen molar-refractivity contribution < 1.29 is 0 Å². The summed E-state index contributed by atoms with van der Waals surface area (Å²) in [5.41, 5.74) is 3.72. The van der Waals surface area contributed by atoms with Crippen molar-refractivity contribution >= 4 is 0 Å². The fourth-order valence-electron chi connectivity index (χ4n) is 1.67. The maximum absolute atomic E-state index is 4.27. The second kappa shape index (κ2) is 4.17. The minimum Gasteiger partial charge on any atom is -0.343 e. The molecule has 0 fully saturated rings. The number of hydrogen-bond acceptors (Lipinski definition) is 3. The molecule has 82 valence electrons. The Morgan fingerprint density at radius 2 is 1.76 bits per heavy atom. The molecule has 4 heteroatoms. The number of nitrogens with one attached hydrogen (secondary N) is 1. The van der Waals surface area contributed by atoms with Crippen molar-refractivity contribution in [3.8, 4) is 22.6 Å². The van der Waals surface area contributed by atoms with Gasteiger partial charge in [0.25, 0.3) is 0 Å². The topological polar surface area (TPSA) is 54.5 Å². The molecular weight excluding hydrogens is 212 g/mol. The van der Waals surface area contributed by atoms with Crippen LogP contribution in [0.4, 0.5) is 0 Å². The van der Waals surface area contributed by atoms with E-state index in [-0.39, 0.29) is 0 Å². The molecule has 0 spiro atoms. The zero-order chi connectivity index (χ0) is 11.5. The lowest BCUT2D eigenvalue weighted by molar-refractivity contribution is 1.16. The molecule has 0 unspecified atom stereocenters. The molecule has 17 heavy (non-hydrogen) atoms. The molecule has 0 amide bonds. The van der Waals surface area contributed by atoms with E-state index in [0.29, 0.717) is 0 Å².